The molecule has 10 heteroatoms. The molecule has 10 nitrogen and oxygen atoms in total. The van der Waals surface area contributed by atoms with Gasteiger partial charge < -0.3 is 9.84 Å². The Kier molecular flexibility index (Phi) is 4.63. The molecule has 3 aromatic heterocycles. The summed E-state index contributed by atoms with van der Waals surface area (Å²) in [5.41, 5.74) is 1.27. The quantitative estimate of drug-likeness (QED) is 0.442. The van der Waals surface area contributed by atoms with Crippen LogP contribution in [-0.4, -0.2) is 41.3 Å². The lowest BCUT2D eigenvalue weighted by Crippen LogP contribution is -2.41. The Labute approximate surface area is 186 Å². The zero-order chi connectivity index (χ0) is 23.3. The lowest BCUT2D eigenvalue weighted by molar-refractivity contribution is -0.137. The summed E-state index contributed by atoms with van der Waals surface area (Å²) in [5, 5.41) is 9.19. The van der Waals surface area contributed by atoms with Gasteiger partial charge in [0.2, 0.25) is 5.78 Å². The lowest BCUT2D eigenvalue weighted by atomic mass is 10.1. The van der Waals surface area contributed by atoms with Crippen molar-refractivity contribution in [3.63, 3.8) is 0 Å². The van der Waals surface area contributed by atoms with E-state index in [1.165, 1.54) is 11.6 Å². The van der Waals surface area contributed by atoms with E-state index in [9.17, 15) is 19.5 Å². The van der Waals surface area contributed by atoms with Gasteiger partial charge in [0.05, 0.1) is 12.8 Å². The van der Waals surface area contributed by atoms with Crippen LogP contribution in [0.5, 0.6) is 5.75 Å². The number of fused-ring (bicyclic) bond motifs is 3. The number of hydrogen-bond acceptors (Lipinski definition) is 5. The maximum absolute atomic E-state index is 13.2. The average Bonchev–Trinajstić information content (AvgIpc) is 3.37. The molecule has 2 aromatic carbocycles. The van der Waals surface area contributed by atoms with Crippen molar-refractivity contribution in [2.45, 2.75) is 6.54 Å². The van der Waals surface area contributed by atoms with Gasteiger partial charge in [-0.1, -0.05) is 30.3 Å². The van der Waals surface area contributed by atoms with Gasteiger partial charge in [0.1, 0.15) is 12.3 Å². The fraction of sp³-hybridized carbons (Fsp3) is 0.130. The molecule has 0 unspecified atom stereocenters. The Morgan fingerprint density at radius 3 is 2.39 bits per heavy atom. The van der Waals surface area contributed by atoms with E-state index in [0.29, 0.717) is 16.1 Å². The Hall–Kier alpha value is -4.60. The molecule has 5 aromatic rings. The smallest absolute Gasteiger partial charge is 0.333 e. The number of rotatable bonds is 5. The van der Waals surface area contributed by atoms with Crippen LogP contribution in [0, 0.1) is 0 Å². The van der Waals surface area contributed by atoms with E-state index < -0.39 is 23.8 Å². The van der Waals surface area contributed by atoms with Crippen LogP contribution in [0.4, 0.5) is 0 Å². The van der Waals surface area contributed by atoms with Crippen molar-refractivity contribution in [1.82, 2.24) is 23.1 Å². The third-order valence-corrected chi connectivity index (χ3v) is 5.54. The van der Waals surface area contributed by atoms with E-state index in [0.717, 1.165) is 16.9 Å². The van der Waals surface area contributed by atoms with Gasteiger partial charge in [-0.2, -0.15) is 4.98 Å². The molecule has 0 aliphatic rings. The largest absolute Gasteiger partial charge is 0.497 e. The Morgan fingerprint density at radius 1 is 1.06 bits per heavy atom. The minimum atomic E-state index is -1.28. The molecule has 3 heterocycles. The van der Waals surface area contributed by atoms with E-state index >= 15 is 0 Å². The molecule has 0 atom stereocenters. The van der Waals surface area contributed by atoms with Crippen molar-refractivity contribution in [3.05, 3.63) is 81.6 Å². The number of ether oxygens (including phenoxy) is 1. The van der Waals surface area contributed by atoms with E-state index in [2.05, 4.69) is 4.98 Å². The summed E-state index contributed by atoms with van der Waals surface area (Å²) in [5.74, 6) is -0.181. The minimum absolute atomic E-state index is 0.123. The number of aliphatic carboxylic acids is 1. The fourth-order valence-corrected chi connectivity index (χ4v) is 3.97. The highest BCUT2D eigenvalue weighted by atomic mass is 16.5. The van der Waals surface area contributed by atoms with Gasteiger partial charge >= 0.3 is 11.7 Å². The zero-order valence-corrected chi connectivity index (χ0v) is 17.8. The van der Waals surface area contributed by atoms with Crippen LogP contribution in [-0.2, 0) is 18.4 Å². The predicted octanol–water partition coefficient (Wildman–Crippen LogP) is 1.90. The first kappa shape index (κ1) is 20.3. The van der Waals surface area contributed by atoms with Gasteiger partial charge in [-0.15, -0.1) is 0 Å². The van der Waals surface area contributed by atoms with Crippen LogP contribution in [0.2, 0.25) is 0 Å². The molecule has 0 fully saturated rings. The van der Waals surface area contributed by atoms with Gasteiger partial charge in [0.25, 0.3) is 5.56 Å². The zero-order valence-electron chi connectivity index (χ0n) is 17.8. The minimum Gasteiger partial charge on any atom is -0.497 e. The van der Waals surface area contributed by atoms with Crippen molar-refractivity contribution in [2.75, 3.05) is 7.11 Å². The fourth-order valence-electron chi connectivity index (χ4n) is 3.97. The van der Waals surface area contributed by atoms with Crippen molar-refractivity contribution in [1.29, 1.82) is 0 Å². The molecule has 0 bridgehead atoms. The molecule has 5 rings (SSSR count). The number of benzene rings is 2. The first-order valence-electron chi connectivity index (χ1n) is 10.1. The monoisotopic (exact) mass is 445 g/mol. The van der Waals surface area contributed by atoms with Crippen LogP contribution < -0.4 is 16.0 Å². The van der Waals surface area contributed by atoms with E-state index in [4.69, 9.17) is 4.74 Å². The molecular weight excluding hydrogens is 426 g/mol. The number of carboxylic acids is 1. The summed E-state index contributed by atoms with van der Waals surface area (Å²) < 4.78 is 10.6. The number of carbonyl (C=O) groups is 1. The molecule has 0 spiro atoms. The second kappa shape index (κ2) is 7.52. The van der Waals surface area contributed by atoms with E-state index in [-0.39, 0.29) is 11.2 Å². The van der Waals surface area contributed by atoms with Crippen LogP contribution in [0.1, 0.15) is 0 Å². The Morgan fingerprint density at radius 2 is 1.76 bits per heavy atom. The number of hydrogen-bond donors (Lipinski definition) is 1. The summed E-state index contributed by atoms with van der Waals surface area (Å²) in [6.07, 6.45) is 1.77. The molecule has 1 N–H and O–H groups in total. The van der Waals surface area contributed by atoms with Crippen molar-refractivity contribution < 1.29 is 14.6 Å². The molecule has 0 aliphatic heterocycles. The predicted molar refractivity (Wildman–Crippen MR) is 121 cm³/mol. The maximum Gasteiger partial charge on any atom is 0.333 e. The van der Waals surface area contributed by atoms with Crippen LogP contribution in [0.25, 0.3) is 33.9 Å². The standard InChI is InChI=1S/C23H19N5O5/c1-25-20-19(21(31)27(23(25)32)13-18(29)30)26-12-17(14-6-4-3-5-7-14)28(22(26)24-20)15-8-10-16(33-2)11-9-15/h3-12H,13H2,1-2H3,(H,29,30). The van der Waals surface area contributed by atoms with Gasteiger partial charge in [-0.25, -0.2) is 9.36 Å². The van der Waals surface area contributed by atoms with Crippen molar-refractivity contribution in [2.24, 2.45) is 7.05 Å². The molecule has 0 saturated carbocycles. The highest BCUT2D eigenvalue weighted by Gasteiger charge is 2.23. The van der Waals surface area contributed by atoms with Crippen LogP contribution in [0.3, 0.4) is 0 Å². The second-order valence-corrected chi connectivity index (χ2v) is 7.49. The highest BCUT2D eigenvalue weighted by molar-refractivity contribution is 5.80. The summed E-state index contributed by atoms with van der Waals surface area (Å²) in [6.45, 7) is -0.737. The summed E-state index contributed by atoms with van der Waals surface area (Å²) in [7, 11) is 3.05. The van der Waals surface area contributed by atoms with E-state index in [1.54, 1.807) is 17.7 Å². The Balaban J connectivity index is 1.91. The molecule has 166 valence electrons. The number of nitrogens with zero attached hydrogens (tertiary/aromatic N) is 5. The second-order valence-electron chi connectivity index (χ2n) is 7.49. The van der Waals surface area contributed by atoms with Gasteiger partial charge in [-0.3, -0.25) is 23.1 Å². The normalized spacial score (nSPS) is 11.3. The van der Waals surface area contributed by atoms with Crippen molar-refractivity contribution >= 4 is 22.9 Å². The highest BCUT2D eigenvalue weighted by Crippen LogP contribution is 2.29. The molecule has 0 radical (unpaired) electrons. The number of imidazole rings is 2. The molecule has 0 aliphatic carbocycles. The van der Waals surface area contributed by atoms with Crippen LogP contribution in [0.15, 0.2) is 70.4 Å². The van der Waals surface area contributed by atoms with Gasteiger partial charge in [-0.05, 0) is 24.3 Å². The number of carboxylic acid groups (broad SMARTS) is 1. The average molecular weight is 445 g/mol. The maximum atomic E-state index is 13.2. The number of aryl methyl sites for hydroxylation is 1. The molecule has 33 heavy (non-hydrogen) atoms. The van der Waals surface area contributed by atoms with Gasteiger partial charge in [0.15, 0.2) is 11.2 Å². The third-order valence-electron chi connectivity index (χ3n) is 5.54. The first-order chi connectivity index (χ1) is 15.9. The number of aromatic nitrogens is 5. The first-order valence-corrected chi connectivity index (χ1v) is 10.1. The van der Waals surface area contributed by atoms with E-state index in [1.807, 2.05) is 59.2 Å². The van der Waals surface area contributed by atoms with Gasteiger partial charge in [0, 0.05) is 24.5 Å². The SMILES string of the molecule is COc1ccc(-n2c(-c3ccccc3)cn3c4c(=O)n(CC(=O)O)c(=O)n(C)c4nc23)cc1. The molecule has 0 saturated heterocycles. The van der Waals surface area contributed by atoms with Crippen LogP contribution >= 0.6 is 0 Å². The summed E-state index contributed by atoms with van der Waals surface area (Å²) in [6, 6.07) is 17.0. The summed E-state index contributed by atoms with van der Waals surface area (Å²) >= 11 is 0. The third kappa shape index (κ3) is 3.11. The number of methoxy groups -OCH3 is 1. The molecule has 0 amide bonds. The summed E-state index contributed by atoms with van der Waals surface area (Å²) in [4.78, 5) is 41.7. The topological polar surface area (TPSA) is 113 Å². The molecular formula is C23H19N5O5. The lowest BCUT2D eigenvalue weighted by Gasteiger charge is -2.10. The Bertz CT molecular complexity index is 1640. The van der Waals surface area contributed by atoms with Crippen molar-refractivity contribution in [3.8, 4) is 22.7 Å².